The fraction of sp³-hybridized carbons (Fsp3) is 0.333. The van der Waals surface area contributed by atoms with Gasteiger partial charge in [-0.15, -0.1) is 0 Å². The van der Waals surface area contributed by atoms with E-state index in [1.807, 2.05) is 64.1 Å². The second-order valence-electron chi connectivity index (χ2n) is 6.38. The summed E-state index contributed by atoms with van der Waals surface area (Å²) in [6.45, 7) is 8.56. The SMILES string of the molecule is Cc1ccc(C(=O)CCCNC(=O)c2ccc(C)c(C)c2)cc1C. The first kappa shape index (κ1) is 17.9. The molecule has 24 heavy (non-hydrogen) atoms. The van der Waals surface area contributed by atoms with Gasteiger partial charge in [-0.1, -0.05) is 18.2 Å². The van der Waals surface area contributed by atoms with Gasteiger partial charge in [0.2, 0.25) is 0 Å². The lowest BCUT2D eigenvalue weighted by molar-refractivity contribution is 0.0938. The van der Waals surface area contributed by atoms with E-state index in [-0.39, 0.29) is 11.7 Å². The Hall–Kier alpha value is -2.42. The predicted molar refractivity (Wildman–Crippen MR) is 97.7 cm³/mol. The van der Waals surface area contributed by atoms with E-state index >= 15 is 0 Å². The van der Waals surface area contributed by atoms with Crippen molar-refractivity contribution in [3.8, 4) is 0 Å². The van der Waals surface area contributed by atoms with E-state index in [0.29, 0.717) is 24.9 Å². The van der Waals surface area contributed by atoms with Crippen molar-refractivity contribution in [2.75, 3.05) is 6.54 Å². The largest absolute Gasteiger partial charge is 0.352 e. The molecule has 0 atom stereocenters. The highest BCUT2D eigenvalue weighted by Crippen LogP contribution is 2.13. The summed E-state index contributed by atoms with van der Waals surface area (Å²) in [4.78, 5) is 24.3. The molecule has 3 heteroatoms. The summed E-state index contributed by atoms with van der Waals surface area (Å²) >= 11 is 0. The van der Waals surface area contributed by atoms with Crippen molar-refractivity contribution in [1.29, 1.82) is 0 Å². The molecule has 2 rings (SSSR count). The number of hydrogen-bond donors (Lipinski definition) is 1. The second kappa shape index (κ2) is 7.91. The number of ketones is 1. The van der Waals surface area contributed by atoms with E-state index in [2.05, 4.69) is 5.32 Å². The summed E-state index contributed by atoms with van der Waals surface area (Å²) < 4.78 is 0. The highest BCUT2D eigenvalue weighted by Gasteiger charge is 2.09. The zero-order chi connectivity index (χ0) is 17.7. The normalized spacial score (nSPS) is 10.5. The third kappa shape index (κ3) is 4.54. The molecule has 0 spiro atoms. The smallest absolute Gasteiger partial charge is 0.251 e. The van der Waals surface area contributed by atoms with Crippen molar-refractivity contribution in [2.45, 2.75) is 40.5 Å². The summed E-state index contributed by atoms with van der Waals surface area (Å²) in [6, 6.07) is 11.5. The number of hydrogen-bond acceptors (Lipinski definition) is 2. The number of carbonyl (C=O) groups excluding carboxylic acids is 2. The summed E-state index contributed by atoms with van der Waals surface area (Å²) in [5.41, 5.74) is 6.01. The third-order valence-corrected chi connectivity index (χ3v) is 4.46. The van der Waals surface area contributed by atoms with Crippen molar-refractivity contribution in [3.05, 3.63) is 69.8 Å². The van der Waals surface area contributed by atoms with Crippen LogP contribution in [-0.4, -0.2) is 18.2 Å². The molecule has 0 bridgehead atoms. The van der Waals surface area contributed by atoms with E-state index < -0.39 is 0 Å². The van der Waals surface area contributed by atoms with Crippen molar-refractivity contribution in [1.82, 2.24) is 5.32 Å². The maximum atomic E-state index is 12.2. The third-order valence-electron chi connectivity index (χ3n) is 4.46. The molecule has 1 N–H and O–H groups in total. The van der Waals surface area contributed by atoms with Gasteiger partial charge in [0.25, 0.3) is 5.91 Å². The van der Waals surface area contributed by atoms with Crippen molar-refractivity contribution in [3.63, 3.8) is 0 Å². The number of rotatable bonds is 6. The second-order valence-corrected chi connectivity index (χ2v) is 6.38. The molecular weight excluding hydrogens is 298 g/mol. The highest BCUT2D eigenvalue weighted by atomic mass is 16.1. The van der Waals surface area contributed by atoms with Gasteiger partial charge in [-0.3, -0.25) is 9.59 Å². The zero-order valence-electron chi connectivity index (χ0n) is 14.9. The fourth-order valence-electron chi connectivity index (χ4n) is 2.49. The van der Waals surface area contributed by atoms with Crippen molar-refractivity contribution >= 4 is 11.7 Å². The monoisotopic (exact) mass is 323 g/mol. The number of amides is 1. The molecule has 0 aliphatic carbocycles. The molecule has 0 aliphatic heterocycles. The molecule has 0 saturated heterocycles. The Labute approximate surface area is 144 Å². The molecule has 2 aromatic rings. The van der Waals surface area contributed by atoms with Gasteiger partial charge in [0.15, 0.2) is 5.78 Å². The molecule has 2 aromatic carbocycles. The Morgan fingerprint density at radius 2 is 1.33 bits per heavy atom. The topological polar surface area (TPSA) is 46.2 Å². The van der Waals surface area contributed by atoms with Crippen molar-refractivity contribution in [2.24, 2.45) is 0 Å². The molecule has 3 nitrogen and oxygen atoms in total. The molecule has 1 amide bonds. The van der Waals surface area contributed by atoms with Gasteiger partial charge >= 0.3 is 0 Å². The molecule has 0 fully saturated rings. The molecule has 126 valence electrons. The van der Waals surface area contributed by atoms with Gasteiger partial charge in [0, 0.05) is 24.1 Å². The van der Waals surface area contributed by atoms with E-state index in [0.717, 1.165) is 16.7 Å². The standard InChI is InChI=1S/C21H25NO2/c1-14-7-9-18(12-16(14)3)20(23)6-5-11-22-21(24)19-10-8-15(2)17(4)13-19/h7-10,12-13H,5-6,11H2,1-4H3,(H,22,24). The van der Waals surface area contributed by atoms with Gasteiger partial charge in [0.05, 0.1) is 0 Å². The van der Waals surface area contributed by atoms with E-state index in [4.69, 9.17) is 0 Å². The lowest BCUT2D eigenvalue weighted by Crippen LogP contribution is -2.25. The maximum absolute atomic E-state index is 12.2. The Morgan fingerprint density at radius 1 is 0.792 bits per heavy atom. The van der Waals surface area contributed by atoms with Crippen LogP contribution >= 0.6 is 0 Å². The van der Waals surface area contributed by atoms with E-state index in [9.17, 15) is 9.59 Å². The Morgan fingerprint density at radius 3 is 1.92 bits per heavy atom. The average Bonchev–Trinajstić information content (AvgIpc) is 2.56. The number of aryl methyl sites for hydroxylation is 4. The first-order valence-electron chi connectivity index (χ1n) is 8.34. The van der Waals surface area contributed by atoms with Crippen LogP contribution in [0.4, 0.5) is 0 Å². The molecule has 0 heterocycles. The first-order chi connectivity index (χ1) is 11.4. The molecule has 0 aromatic heterocycles. The van der Waals surface area contributed by atoms with E-state index in [1.165, 1.54) is 11.1 Å². The van der Waals surface area contributed by atoms with Crippen LogP contribution in [0.15, 0.2) is 36.4 Å². The van der Waals surface area contributed by atoms with Crippen LogP contribution in [0.2, 0.25) is 0 Å². The fourth-order valence-corrected chi connectivity index (χ4v) is 2.49. The van der Waals surface area contributed by atoms with Gasteiger partial charge in [-0.2, -0.15) is 0 Å². The number of nitrogens with one attached hydrogen (secondary N) is 1. The number of Topliss-reactive ketones (excluding diaryl/α,β-unsaturated/α-hetero) is 1. The Bertz CT molecular complexity index is 697. The molecule has 0 aliphatic rings. The molecule has 0 saturated carbocycles. The van der Waals surface area contributed by atoms with Crippen LogP contribution in [0.25, 0.3) is 0 Å². The van der Waals surface area contributed by atoms with Crippen molar-refractivity contribution < 1.29 is 9.59 Å². The van der Waals surface area contributed by atoms with Gasteiger partial charge in [-0.25, -0.2) is 0 Å². The number of benzene rings is 2. The minimum absolute atomic E-state index is 0.0864. The van der Waals surface area contributed by atoms with Crippen LogP contribution < -0.4 is 5.32 Å². The number of carbonyl (C=O) groups is 2. The predicted octanol–water partition coefficient (Wildman–Crippen LogP) is 4.31. The van der Waals surface area contributed by atoms with Gasteiger partial charge in [-0.05, 0) is 74.6 Å². The lowest BCUT2D eigenvalue weighted by atomic mass is 10.0. The quantitative estimate of drug-likeness (QED) is 0.636. The first-order valence-corrected chi connectivity index (χ1v) is 8.34. The van der Waals surface area contributed by atoms with Gasteiger partial charge < -0.3 is 5.32 Å². The van der Waals surface area contributed by atoms with Crippen LogP contribution in [0.1, 0.15) is 55.8 Å². The van der Waals surface area contributed by atoms with Crippen LogP contribution in [-0.2, 0) is 0 Å². The van der Waals surface area contributed by atoms with Crippen LogP contribution in [0, 0.1) is 27.7 Å². The molecule has 0 unspecified atom stereocenters. The molecule has 0 radical (unpaired) electrons. The summed E-state index contributed by atoms with van der Waals surface area (Å²) in [5, 5.41) is 2.88. The summed E-state index contributed by atoms with van der Waals surface area (Å²) in [6.07, 6.45) is 1.08. The summed E-state index contributed by atoms with van der Waals surface area (Å²) in [7, 11) is 0. The molecular formula is C21H25NO2. The lowest BCUT2D eigenvalue weighted by Gasteiger charge is -2.08. The maximum Gasteiger partial charge on any atom is 0.251 e. The average molecular weight is 323 g/mol. The van der Waals surface area contributed by atoms with Gasteiger partial charge in [0.1, 0.15) is 0 Å². The minimum Gasteiger partial charge on any atom is -0.352 e. The minimum atomic E-state index is -0.0864. The summed E-state index contributed by atoms with van der Waals surface area (Å²) in [5.74, 6) is 0.0373. The van der Waals surface area contributed by atoms with Crippen LogP contribution in [0.5, 0.6) is 0 Å². The Balaban J connectivity index is 1.81. The Kier molecular flexibility index (Phi) is 5.91. The highest BCUT2D eigenvalue weighted by molar-refractivity contribution is 5.96. The zero-order valence-corrected chi connectivity index (χ0v) is 14.9. The van der Waals surface area contributed by atoms with Crippen LogP contribution in [0.3, 0.4) is 0 Å². The van der Waals surface area contributed by atoms with E-state index in [1.54, 1.807) is 0 Å².